The maximum absolute atomic E-state index is 12.9. The van der Waals surface area contributed by atoms with E-state index in [-0.39, 0.29) is 16.9 Å². The summed E-state index contributed by atoms with van der Waals surface area (Å²) in [6.45, 7) is 5.08. The normalized spacial score (nSPS) is 12.1. The van der Waals surface area contributed by atoms with Crippen molar-refractivity contribution < 1.29 is 14.7 Å². The zero-order valence-electron chi connectivity index (χ0n) is 14.4. The number of aromatic carboxylic acids is 1. The largest absolute Gasteiger partial charge is 0.478 e. The Morgan fingerprint density at radius 1 is 1.27 bits per heavy atom. The number of anilines is 1. The standard InChI is InChI=1S/C18H17N3O4S/c1-9-6-4-5-7-13(9)20-15(22)10(2)21-11(3)19-16-14(17(21)23)12(8-26-16)18(24)25/h4-8,10H,1-3H3,(H,20,22)(H,24,25). The third-order valence-corrected chi connectivity index (χ3v) is 5.09. The number of benzene rings is 1. The number of carbonyl (C=O) groups excluding carboxylic acids is 1. The number of carboxylic acids is 1. The average molecular weight is 371 g/mol. The van der Waals surface area contributed by atoms with Crippen molar-refractivity contribution in [3.05, 3.63) is 57.0 Å². The van der Waals surface area contributed by atoms with Crippen LogP contribution < -0.4 is 10.9 Å². The molecule has 0 fully saturated rings. The number of para-hydroxylation sites is 1. The second-order valence-corrected chi connectivity index (χ2v) is 6.81. The van der Waals surface area contributed by atoms with Gasteiger partial charge in [-0.15, -0.1) is 11.3 Å². The first-order chi connectivity index (χ1) is 12.3. The van der Waals surface area contributed by atoms with Crippen molar-refractivity contribution >= 4 is 39.1 Å². The van der Waals surface area contributed by atoms with Crippen LogP contribution in [-0.4, -0.2) is 26.5 Å². The van der Waals surface area contributed by atoms with Crippen LogP contribution in [0.1, 0.15) is 34.7 Å². The number of aromatic nitrogens is 2. The maximum atomic E-state index is 12.9. The van der Waals surface area contributed by atoms with E-state index in [9.17, 15) is 19.5 Å². The van der Waals surface area contributed by atoms with E-state index in [4.69, 9.17) is 0 Å². The highest BCUT2D eigenvalue weighted by Gasteiger charge is 2.24. The van der Waals surface area contributed by atoms with Crippen LogP contribution in [0.2, 0.25) is 0 Å². The quantitative estimate of drug-likeness (QED) is 0.734. The monoisotopic (exact) mass is 371 g/mol. The molecular weight excluding hydrogens is 354 g/mol. The number of carboxylic acid groups (broad SMARTS) is 1. The van der Waals surface area contributed by atoms with Gasteiger partial charge in [-0.25, -0.2) is 9.78 Å². The predicted octanol–water partition coefficient (Wildman–Crippen LogP) is 2.97. The number of hydrogen-bond donors (Lipinski definition) is 2. The van der Waals surface area contributed by atoms with Gasteiger partial charge in [-0.05, 0) is 32.4 Å². The van der Waals surface area contributed by atoms with Gasteiger partial charge >= 0.3 is 5.97 Å². The minimum absolute atomic E-state index is 0.0311. The Morgan fingerprint density at radius 3 is 2.62 bits per heavy atom. The van der Waals surface area contributed by atoms with Gasteiger partial charge in [-0.3, -0.25) is 14.2 Å². The van der Waals surface area contributed by atoms with E-state index in [1.54, 1.807) is 19.9 Å². The molecule has 1 atom stereocenters. The van der Waals surface area contributed by atoms with Gasteiger partial charge in [0.25, 0.3) is 5.56 Å². The van der Waals surface area contributed by atoms with E-state index < -0.39 is 17.6 Å². The minimum Gasteiger partial charge on any atom is -0.478 e. The van der Waals surface area contributed by atoms with Gasteiger partial charge in [-0.1, -0.05) is 18.2 Å². The molecule has 0 spiro atoms. The molecule has 2 N–H and O–H groups in total. The Morgan fingerprint density at radius 2 is 1.96 bits per heavy atom. The van der Waals surface area contributed by atoms with E-state index in [0.29, 0.717) is 16.3 Å². The zero-order valence-corrected chi connectivity index (χ0v) is 15.3. The molecule has 0 aliphatic rings. The third kappa shape index (κ3) is 2.99. The minimum atomic E-state index is -1.19. The molecule has 1 aromatic carbocycles. The van der Waals surface area contributed by atoms with Gasteiger partial charge in [0.15, 0.2) is 0 Å². The van der Waals surface area contributed by atoms with E-state index >= 15 is 0 Å². The molecule has 0 bridgehead atoms. The summed E-state index contributed by atoms with van der Waals surface area (Å²) in [5, 5.41) is 13.5. The molecule has 8 heteroatoms. The van der Waals surface area contributed by atoms with Gasteiger partial charge in [0.1, 0.15) is 16.7 Å². The molecular formula is C18H17N3O4S. The smallest absolute Gasteiger partial charge is 0.337 e. The Balaban J connectivity index is 2.05. The summed E-state index contributed by atoms with van der Waals surface area (Å²) in [6.07, 6.45) is 0. The highest BCUT2D eigenvalue weighted by Crippen LogP contribution is 2.23. The highest BCUT2D eigenvalue weighted by molar-refractivity contribution is 7.17. The van der Waals surface area contributed by atoms with Crippen molar-refractivity contribution in [2.24, 2.45) is 0 Å². The Labute approximate surface area is 152 Å². The molecule has 0 saturated carbocycles. The molecule has 7 nitrogen and oxygen atoms in total. The van der Waals surface area contributed by atoms with E-state index in [2.05, 4.69) is 10.3 Å². The highest BCUT2D eigenvalue weighted by atomic mass is 32.1. The van der Waals surface area contributed by atoms with Crippen LogP contribution in [0.5, 0.6) is 0 Å². The molecule has 26 heavy (non-hydrogen) atoms. The Bertz CT molecular complexity index is 1080. The summed E-state index contributed by atoms with van der Waals surface area (Å²) in [6, 6.07) is 6.47. The summed E-state index contributed by atoms with van der Waals surface area (Å²) in [7, 11) is 0. The molecule has 134 valence electrons. The molecule has 2 aromatic heterocycles. The number of thiophene rings is 1. The van der Waals surface area contributed by atoms with Gasteiger partial charge in [0, 0.05) is 11.1 Å². The molecule has 1 unspecified atom stereocenters. The molecule has 0 radical (unpaired) electrons. The predicted molar refractivity (Wildman–Crippen MR) is 100 cm³/mol. The maximum Gasteiger partial charge on any atom is 0.337 e. The molecule has 0 saturated heterocycles. The van der Waals surface area contributed by atoms with Crippen molar-refractivity contribution in [1.29, 1.82) is 0 Å². The van der Waals surface area contributed by atoms with Crippen LogP contribution in [0.15, 0.2) is 34.4 Å². The van der Waals surface area contributed by atoms with E-state index in [1.165, 1.54) is 9.95 Å². The number of nitrogens with one attached hydrogen (secondary N) is 1. The number of aryl methyl sites for hydroxylation is 2. The second-order valence-electron chi connectivity index (χ2n) is 5.95. The Kier molecular flexibility index (Phi) is 4.60. The first kappa shape index (κ1) is 17.8. The van der Waals surface area contributed by atoms with Crippen LogP contribution in [0.4, 0.5) is 5.69 Å². The SMILES string of the molecule is Cc1ccccc1NC(=O)C(C)n1c(C)nc2scc(C(=O)O)c2c1=O. The average Bonchev–Trinajstić information content (AvgIpc) is 3.01. The lowest BCUT2D eigenvalue weighted by atomic mass is 10.2. The van der Waals surface area contributed by atoms with Crippen LogP contribution >= 0.6 is 11.3 Å². The first-order valence-corrected chi connectivity index (χ1v) is 8.79. The Hall–Kier alpha value is -3.00. The number of fused-ring (bicyclic) bond motifs is 1. The van der Waals surface area contributed by atoms with Gasteiger partial charge in [0.2, 0.25) is 5.91 Å². The first-order valence-electron chi connectivity index (χ1n) is 7.91. The number of nitrogens with zero attached hydrogens (tertiary/aromatic N) is 2. The number of amides is 1. The fourth-order valence-electron chi connectivity index (χ4n) is 2.79. The third-order valence-electron chi connectivity index (χ3n) is 4.22. The van der Waals surface area contributed by atoms with Gasteiger partial charge in [-0.2, -0.15) is 0 Å². The number of rotatable bonds is 4. The molecule has 0 aliphatic carbocycles. The van der Waals surface area contributed by atoms with Crippen molar-refractivity contribution in [2.75, 3.05) is 5.32 Å². The number of carbonyl (C=O) groups is 2. The molecule has 3 rings (SSSR count). The second kappa shape index (κ2) is 6.72. The van der Waals surface area contributed by atoms with E-state index in [1.807, 2.05) is 25.1 Å². The van der Waals surface area contributed by atoms with Crippen molar-refractivity contribution in [2.45, 2.75) is 26.8 Å². The van der Waals surface area contributed by atoms with Crippen LogP contribution in [-0.2, 0) is 4.79 Å². The molecule has 0 aliphatic heterocycles. The summed E-state index contributed by atoms with van der Waals surface area (Å²) in [5.41, 5.74) is 0.934. The number of hydrogen-bond acceptors (Lipinski definition) is 5. The summed E-state index contributed by atoms with van der Waals surface area (Å²) in [5.74, 6) is -1.21. The van der Waals surface area contributed by atoms with Crippen LogP contribution in [0.25, 0.3) is 10.2 Å². The summed E-state index contributed by atoms with van der Waals surface area (Å²) >= 11 is 1.10. The van der Waals surface area contributed by atoms with Crippen LogP contribution in [0, 0.1) is 13.8 Å². The fraction of sp³-hybridized carbons (Fsp3) is 0.222. The fourth-order valence-corrected chi connectivity index (χ4v) is 3.73. The molecule has 3 aromatic rings. The summed E-state index contributed by atoms with van der Waals surface area (Å²) in [4.78, 5) is 41.6. The van der Waals surface area contributed by atoms with E-state index in [0.717, 1.165) is 16.9 Å². The summed E-state index contributed by atoms with van der Waals surface area (Å²) < 4.78 is 1.23. The molecule has 2 heterocycles. The lowest BCUT2D eigenvalue weighted by Gasteiger charge is -2.18. The lowest BCUT2D eigenvalue weighted by molar-refractivity contribution is -0.118. The van der Waals surface area contributed by atoms with Gasteiger partial charge in [0.05, 0.1) is 10.9 Å². The van der Waals surface area contributed by atoms with Crippen molar-refractivity contribution in [3.8, 4) is 0 Å². The molecule has 1 amide bonds. The lowest BCUT2D eigenvalue weighted by Crippen LogP contribution is -2.34. The zero-order chi connectivity index (χ0) is 19.0. The topological polar surface area (TPSA) is 101 Å². The van der Waals surface area contributed by atoms with Gasteiger partial charge < -0.3 is 10.4 Å². The van der Waals surface area contributed by atoms with Crippen molar-refractivity contribution in [1.82, 2.24) is 9.55 Å². The van der Waals surface area contributed by atoms with Crippen LogP contribution in [0.3, 0.4) is 0 Å². The van der Waals surface area contributed by atoms with Crippen molar-refractivity contribution in [3.63, 3.8) is 0 Å².